The summed E-state index contributed by atoms with van der Waals surface area (Å²) in [5, 5.41) is 13.0. The molecule has 1 N–H and O–H groups in total. The van der Waals surface area contributed by atoms with Gasteiger partial charge < -0.3 is 9.88 Å². The maximum absolute atomic E-state index is 12.3. The highest BCUT2D eigenvalue weighted by atomic mass is 16.1. The Labute approximate surface area is 141 Å². The largest absolute Gasteiger partial charge is 0.337 e. The molecule has 2 aromatic carbocycles. The number of nitrogens with one attached hydrogen (secondary N) is 1. The predicted molar refractivity (Wildman–Crippen MR) is 95.8 cm³/mol. The van der Waals surface area contributed by atoms with Gasteiger partial charge in [0.2, 0.25) is 5.91 Å². The number of carbonyl (C=O) groups is 1. The van der Waals surface area contributed by atoms with Crippen LogP contribution < -0.4 is 5.32 Å². The van der Waals surface area contributed by atoms with Crippen LogP contribution in [0.2, 0.25) is 0 Å². The van der Waals surface area contributed by atoms with Crippen molar-refractivity contribution in [2.75, 3.05) is 5.32 Å². The zero-order valence-electron chi connectivity index (χ0n) is 13.8. The van der Waals surface area contributed by atoms with Crippen LogP contribution in [0.3, 0.4) is 0 Å². The second kappa shape index (κ2) is 6.59. The van der Waals surface area contributed by atoms with Crippen LogP contribution in [0.5, 0.6) is 0 Å². The van der Waals surface area contributed by atoms with Gasteiger partial charge in [-0.25, -0.2) is 0 Å². The van der Waals surface area contributed by atoms with Crippen LogP contribution >= 0.6 is 0 Å². The number of fused-ring (bicyclic) bond motifs is 1. The zero-order valence-corrected chi connectivity index (χ0v) is 13.8. The number of benzene rings is 2. The van der Waals surface area contributed by atoms with E-state index in [1.54, 1.807) is 6.20 Å². The number of nitriles is 1. The Bertz CT molecular complexity index is 914. The topological polar surface area (TPSA) is 57.8 Å². The first-order chi connectivity index (χ1) is 11.6. The molecule has 0 aliphatic carbocycles. The molecular formula is C20H19N3O. The molecule has 0 saturated heterocycles. The Kier molecular flexibility index (Phi) is 4.35. The van der Waals surface area contributed by atoms with Crippen molar-refractivity contribution in [2.24, 2.45) is 0 Å². The molecule has 0 fully saturated rings. The van der Waals surface area contributed by atoms with Crippen LogP contribution in [0.1, 0.15) is 30.9 Å². The van der Waals surface area contributed by atoms with Gasteiger partial charge in [0.05, 0.1) is 5.56 Å². The number of hydrogen-bond donors (Lipinski definition) is 1. The quantitative estimate of drug-likeness (QED) is 0.781. The third-order valence-corrected chi connectivity index (χ3v) is 4.08. The number of aromatic nitrogens is 1. The Morgan fingerprint density at radius 2 is 1.88 bits per heavy atom. The Hall–Kier alpha value is -3.06. The second-order valence-corrected chi connectivity index (χ2v) is 6.12. The lowest BCUT2D eigenvalue weighted by Crippen LogP contribution is -2.18. The fourth-order valence-corrected chi connectivity index (χ4v) is 2.77. The van der Waals surface area contributed by atoms with E-state index in [1.165, 1.54) is 5.56 Å². The third kappa shape index (κ3) is 3.16. The number of para-hydroxylation sites is 1. The summed E-state index contributed by atoms with van der Waals surface area (Å²) in [5.74, 6) is 0.350. The number of amides is 1. The van der Waals surface area contributed by atoms with Crippen molar-refractivity contribution in [1.82, 2.24) is 4.57 Å². The minimum atomic E-state index is -0.113. The molecule has 0 aliphatic rings. The average molecular weight is 317 g/mol. The summed E-state index contributed by atoms with van der Waals surface area (Å²) in [7, 11) is 0. The van der Waals surface area contributed by atoms with Crippen molar-refractivity contribution < 1.29 is 4.79 Å². The Morgan fingerprint density at radius 1 is 1.17 bits per heavy atom. The van der Waals surface area contributed by atoms with Gasteiger partial charge in [-0.05, 0) is 29.7 Å². The van der Waals surface area contributed by atoms with Crippen LogP contribution in [-0.4, -0.2) is 10.5 Å². The van der Waals surface area contributed by atoms with Crippen LogP contribution in [0.4, 0.5) is 5.69 Å². The summed E-state index contributed by atoms with van der Waals surface area (Å²) >= 11 is 0. The van der Waals surface area contributed by atoms with Crippen molar-refractivity contribution in [3.63, 3.8) is 0 Å². The molecule has 0 saturated carbocycles. The standard InChI is InChI=1S/C20H19N3O/c1-14(2)15-7-9-17(10-8-15)22-20(24)13-23-12-16(11-21)18-5-3-4-6-19(18)23/h3-10,12,14H,13H2,1-2H3,(H,22,24). The summed E-state index contributed by atoms with van der Waals surface area (Å²) in [6.45, 7) is 4.45. The molecule has 24 heavy (non-hydrogen) atoms. The van der Waals surface area contributed by atoms with Gasteiger partial charge >= 0.3 is 0 Å². The summed E-state index contributed by atoms with van der Waals surface area (Å²) in [4.78, 5) is 12.3. The summed E-state index contributed by atoms with van der Waals surface area (Å²) in [5.41, 5.74) is 3.49. The van der Waals surface area contributed by atoms with E-state index in [4.69, 9.17) is 0 Å². The molecule has 4 heteroatoms. The molecule has 0 atom stereocenters. The van der Waals surface area contributed by atoms with Gasteiger partial charge in [0, 0.05) is 22.8 Å². The van der Waals surface area contributed by atoms with E-state index in [2.05, 4.69) is 25.2 Å². The number of rotatable bonds is 4. The van der Waals surface area contributed by atoms with E-state index in [-0.39, 0.29) is 12.5 Å². The third-order valence-electron chi connectivity index (χ3n) is 4.08. The molecule has 0 unspecified atom stereocenters. The van der Waals surface area contributed by atoms with Crippen LogP contribution in [-0.2, 0) is 11.3 Å². The number of anilines is 1. The second-order valence-electron chi connectivity index (χ2n) is 6.12. The molecule has 0 spiro atoms. The predicted octanol–water partition coefficient (Wildman–Crippen LogP) is 4.28. The van der Waals surface area contributed by atoms with Gasteiger partial charge in [0.15, 0.2) is 0 Å². The number of carbonyl (C=O) groups excluding carboxylic acids is 1. The Balaban J connectivity index is 1.77. The maximum Gasteiger partial charge on any atom is 0.244 e. The molecular weight excluding hydrogens is 298 g/mol. The molecule has 3 aromatic rings. The lowest BCUT2D eigenvalue weighted by molar-refractivity contribution is -0.116. The molecule has 0 aliphatic heterocycles. The molecule has 1 heterocycles. The van der Waals surface area contributed by atoms with Crippen molar-refractivity contribution >= 4 is 22.5 Å². The van der Waals surface area contributed by atoms with E-state index >= 15 is 0 Å². The normalized spacial score (nSPS) is 10.8. The van der Waals surface area contributed by atoms with Crippen molar-refractivity contribution in [3.8, 4) is 6.07 Å². The summed E-state index contributed by atoms with van der Waals surface area (Å²) < 4.78 is 1.81. The molecule has 3 rings (SSSR count). The minimum absolute atomic E-state index is 0.113. The molecule has 0 radical (unpaired) electrons. The van der Waals surface area contributed by atoms with E-state index in [9.17, 15) is 10.1 Å². The maximum atomic E-state index is 12.3. The summed E-state index contributed by atoms with van der Waals surface area (Å²) in [6.07, 6.45) is 1.73. The van der Waals surface area contributed by atoms with Gasteiger partial charge in [-0.3, -0.25) is 4.79 Å². The molecule has 1 amide bonds. The van der Waals surface area contributed by atoms with E-state index in [0.29, 0.717) is 11.5 Å². The highest BCUT2D eigenvalue weighted by Crippen LogP contribution is 2.21. The van der Waals surface area contributed by atoms with Crippen molar-refractivity contribution in [1.29, 1.82) is 5.26 Å². The lowest BCUT2D eigenvalue weighted by Gasteiger charge is -2.09. The van der Waals surface area contributed by atoms with Crippen LogP contribution in [0.25, 0.3) is 10.9 Å². The average Bonchev–Trinajstić information content (AvgIpc) is 2.93. The fourth-order valence-electron chi connectivity index (χ4n) is 2.77. The molecule has 120 valence electrons. The first-order valence-electron chi connectivity index (χ1n) is 7.96. The van der Waals surface area contributed by atoms with Crippen molar-refractivity contribution in [2.45, 2.75) is 26.3 Å². The van der Waals surface area contributed by atoms with Gasteiger partial charge in [-0.1, -0.05) is 44.2 Å². The smallest absolute Gasteiger partial charge is 0.244 e. The van der Waals surface area contributed by atoms with Gasteiger partial charge in [-0.2, -0.15) is 5.26 Å². The van der Waals surface area contributed by atoms with Crippen LogP contribution in [0, 0.1) is 11.3 Å². The Morgan fingerprint density at radius 3 is 2.54 bits per heavy atom. The monoisotopic (exact) mass is 317 g/mol. The zero-order chi connectivity index (χ0) is 17.1. The van der Waals surface area contributed by atoms with Gasteiger partial charge in [0.25, 0.3) is 0 Å². The van der Waals surface area contributed by atoms with E-state index in [0.717, 1.165) is 16.6 Å². The van der Waals surface area contributed by atoms with E-state index < -0.39 is 0 Å². The molecule has 1 aromatic heterocycles. The molecule has 4 nitrogen and oxygen atoms in total. The first-order valence-corrected chi connectivity index (χ1v) is 7.96. The minimum Gasteiger partial charge on any atom is -0.337 e. The van der Waals surface area contributed by atoms with Gasteiger partial charge in [-0.15, -0.1) is 0 Å². The highest BCUT2D eigenvalue weighted by molar-refractivity contribution is 5.93. The van der Waals surface area contributed by atoms with E-state index in [1.807, 2.05) is 53.1 Å². The fraction of sp³-hybridized carbons (Fsp3) is 0.200. The highest BCUT2D eigenvalue weighted by Gasteiger charge is 2.11. The number of nitrogens with zero attached hydrogens (tertiary/aromatic N) is 2. The van der Waals surface area contributed by atoms with Crippen molar-refractivity contribution in [3.05, 3.63) is 65.9 Å². The number of hydrogen-bond acceptors (Lipinski definition) is 2. The first kappa shape index (κ1) is 15.8. The van der Waals surface area contributed by atoms with Crippen LogP contribution in [0.15, 0.2) is 54.7 Å². The summed E-state index contributed by atoms with van der Waals surface area (Å²) in [6, 6.07) is 17.7. The SMILES string of the molecule is CC(C)c1ccc(NC(=O)Cn2cc(C#N)c3ccccc32)cc1. The lowest BCUT2D eigenvalue weighted by atomic mass is 10.0. The van der Waals surface area contributed by atoms with Gasteiger partial charge in [0.1, 0.15) is 12.6 Å². The molecule has 0 bridgehead atoms.